The summed E-state index contributed by atoms with van der Waals surface area (Å²) in [6.45, 7) is 1.71. The molecule has 0 saturated carbocycles. The standard InChI is InChI=1S/C16H19ClN2O/c1-19(13-7-9-14(20-2)10-8-13)12-11-18-16-6-4-3-5-15(16)17/h3-10,18H,11-12H2,1-2H3. The number of hydrogen-bond acceptors (Lipinski definition) is 3. The Morgan fingerprint density at radius 3 is 2.45 bits per heavy atom. The van der Waals surface area contributed by atoms with Crippen molar-refractivity contribution in [1.29, 1.82) is 0 Å². The molecule has 4 heteroatoms. The molecule has 2 rings (SSSR count). The minimum Gasteiger partial charge on any atom is -0.497 e. The number of hydrogen-bond donors (Lipinski definition) is 1. The van der Waals surface area contributed by atoms with E-state index in [1.54, 1.807) is 7.11 Å². The summed E-state index contributed by atoms with van der Waals surface area (Å²) in [6, 6.07) is 15.8. The molecule has 0 radical (unpaired) electrons. The van der Waals surface area contributed by atoms with Crippen molar-refractivity contribution in [3.05, 3.63) is 53.6 Å². The summed E-state index contributed by atoms with van der Waals surface area (Å²) in [5, 5.41) is 4.09. The van der Waals surface area contributed by atoms with Gasteiger partial charge in [0.05, 0.1) is 17.8 Å². The van der Waals surface area contributed by atoms with Crippen LogP contribution in [-0.4, -0.2) is 27.2 Å². The fourth-order valence-corrected chi connectivity index (χ4v) is 2.13. The number of halogens is 1. The van der Waals surface area contributed by atoms with Crippen LogP contribution in [0.25, 0.3) is 0 Å². The second kappa shape index (κ2) is 7.06. The minimum atomic E-state index is 0.750. The lowest BCUT2D eigenvalue weighted by Gasteiger charge is -2.20. The molecule has 20 heavy (non-hydrogen) atoms. The highest BCUT2D eigenvalue weighted by Gasteiger charge is 2.02. The molecule has 2 aromatic carbocycles. The molecule has 0 atom stereocenters. The fourth-order valence-electron chi connectivity index (χ4n) is 1.93. The number of benzene rings is 2. The van der Waals surface area contributed by atoms with Gasteiger partial charge in [-0.1, -0.05) is 23.7 Å². The van der Waals surface area contributed by atoms with Crippen molar-refractivity contribution in [1.82, 2.24) is 0 Å². The first-order valence-electron chi connectivity index (χ1n) is 6.54. The maximum Gasteiger partial charge on any atom is 0.119 e. The van der Waals surface area contributed by atoms with Crippen LogP contribution in [0.3, 0.4) is 0 Å². The van der Waals surface area contributed by atoms with Gasteiger partial charge < -0.3 is 15.0 Å². The molecule has 0 aliphatic rings. The molecule has 3 nitrogen and oxygen atoms in total. The molecule has 0 aliphatic carbocycles. The largest absolute Gasteiger partial charge is 0.497 e. The Morgan fingerprint density at radius 1 is 1.10 bits per heavy atom. The number of methoxy groups -OCH3 is 1. The van der Waals surface area contributed by atoms with Crippen LogP contribution in [0.2, 0.25) is 5.02 Å². The number of ether oxygens (including phenoxy) is 1. The van der Waals surface area contributed by atoms with Crippen molar-refractivity contribution in [2.24, 2.45) is 0 Å². The second-order valence-corrected chi connectivity index (χ2v) is 4.93. The van der Waals surface area contributed by atoms with Crippen molar-refractivity contribution in [3.63, 3.8) is 0 Å². The van der Waals surface area contributed by atoms with E-state index in [1.165, 1.54) is 0 Å². The highest BCUT2D eigenvalue weighted by Crippen LogP contribution is 2.21. The lowest BCUT2D eigenvalue weighted by molar-refractivity contribution is 0.415. The van der Waals surface area contributed by atoms with Crippen LogP contribution in [0.15, 0.2) is 48.5 Å². The van der Waals surface area contributed by atoms with Gasteiger partial charge in [0.15, 0.2) is 0 Å². The van der Waals surface area contributed by atoms with Crippen LogP contribution >= 0.6 is 11.6 Å². The van der Waals surface area contributed by atoms with Gasteiger partial charge in [-0.05, 0) is 36.4 Å². The Hall–Kier alpha value is -1.87. The van der Waals surface area contributed by atoms with Crippen molar-refractivity contribution < 1.29 is 4.74 Å². The summed E-state index contributed by atoms with van der Waals surface area (Å²) in [5.74, 6) is 0.872. The Bertz CT molecular complexity index is 542. The van der Waals surface area contributed by atoms with Crippen molar-refractivity contribution in [2.45, 2.75) is 0 Å². The van der Waals surface area contributed by atoms with Gasteiger partial charge in [0.25, 0.3) is 0 Å². The first-order chi connectivity index (χ1) is 9.70. The predicted octanol–water partition coefficient (Wildman–Crippen LogP) is 3.90. The van der Waals surface area contributed by atoms with E-state index >= 15 is 0 Å². The average Bonchev–Trinajstić information content (AvgIpc) is 2.49. The smallest absolute Gasteiger partial charge is 0.119 e. The van der Waals surface area contributed by atoms with Crippen molar-refractivity contribution >= 4 is 23.0 Å². The Labute approximate surface area is 125 Å². The van der Waals surface area contributed by atoms with Gasteiger partial charge in [-0.25, -0.2) is 0 Å². The van der Waals surface area contributed by atoms with Crippen LogP contribution in [0.4, 0.5) is 11.4 Å². The number of para-hydroxylation sites is 1. The molecular formula is C16H19ClN2O. The maximum absolute atomic E-state index is 6.10. The minimum absolute atomic E-state index is 0.750. The summed E-state index contributed by atoms with van der Waals surface area (Å²) in [4.78, 5) is 2.18. The molecule has 0 aromatic heterocycles. The van der Waals surface area contributed by atoms with E-state index in [1.807, 2.05) is 48.5 Å². The molecule has 106 valence electrons. The van der Waals surface area contributed by atoms with Crippen LogP contribution < -0.4 is 15.0 Å². The highest BCUT2D eigenvalue weighted by atomic mass is 35.5. The molecule has 0 bridgehead atoms. The first kappa shape index (κ1) is 14.5. The van der Waals surface area contributed by atoms with Crippen molar-refractivity contribution in [2.75, 3.05) is 37.5 Å². The average molecular weight is 291 g/mol. The zero-order valence-electron chi connectivity index (χ0n) is 11.8. The number of rotatable bonds is 6. The zero-order valence-corrected chi connectivity index (χ0v) is 12.5. The van der Waals surface area contributed by atoms with E-state index in [4.69, 9.17) is 16.3 Å². The molecule has 0 heterocycles. The number of nitrogens with zero attached hydrogens (tertiary/aromatic N) is 1. The van der Waals surface area contributed by atoms with E-state index < -0.39 is 0 Å². The lowest BCUT2D eigenvalue weighted by atomic mass is 10.3. The molecule has 0 spiro atoms. The molecule has 0 aliphatic heterocycles. The van der Waals surface area contributed by atoms with Crippen LogP contribution in [0.1, 0.15) is 0 Å². The number of likely N-dealkylation sites (N-methyl/N-ethyl adjacent to an activating group) is 1. The van der Waals surface area contributed by atoms with E-state index in [9.17, 15) is 0 Å². The zero-order chi connectivity index (χ0) is 14.4. The summed E-state index contributed by atoms with van der Waals surface area (Å²) >= 11 is 6.10. The van der Waals surface area contributed by atoms with Gasteiger partial charge in [0.2, 0.25) is 0 Å². The Kier molecular flexibility index (Phi) is 5.13. The van der Waals surface area contributed by atoms with E-state index in [0.717, 1.165) is 35.2 Å². The molecule has 2 aromatic rings. The van der Waals surface area contributed by atoms with Crippen LogP contribution in [-0.2, 0) is 0 Å². The topological polar surface area (TPSA) is 24.5 Å². The van der Waals surface area contributed by atoms with Gasteiger partial charge in [0.1, 0.15) is 5.75 Å². The van der Waals surface area contributed by atoms with Crippen LogP contribution in [0.5, 0.6) is 5.75 Å². The van der Waals surface area contributed by atoms with Gasteiger partial charge >= 0.3 is 0 Å². The third-order valence-electron chi connectivity index (χ3n) is 3.15. The van der Waals surface area contributed by atoms with E-state index in [-0.39, 0.29) is 0 Å². The predicted molar refractivity (Wildman–Crippen MR) is 86.2 cm³/mol. The Morgan fingerprint density at radius 2 is 1.80 bits per heavy atom. The number of anilines is 2. The summed E-state index contributed by atoms with van der Waals surface area (Å²) < 4.78 is 5.16. The van der Waals surface area contributed by atoms with E-state index in [0.29, 0.717) is 0 Å². The summed E-state index contributed by atoms with van der Waals surface area (Å²) in [7, 11) is 3.74. The molecule has 0 amide bonds. The second-order valence-electron chi connectivity index (χ2n) is 4.53. The maximum atomic E-state index is 6.10. The SMILES string of the molecule is COc1ccc(N(C)CCNc2ccccc2Cl)cc1. The van der Waals surface area contributed by atoms with E-state index in [2.05, 4.69) is 17.3 Å². The monoisotopic (exact) mass is 290 g/mol. The highest BCUT2D eigenvalue weighted by molar-refractivity contribution is 6.33. The van der Waals surface area contributed by atoms with Crippen molar-refractivity contribution in [3.8, 4) is 5.75 Å². The first-order valence-corrected chi connectivity index (χ1v) is 6.92. The number of nitrogens with one attached hydrogen (secondary N) is 1. The summed E-state index contributed by atoms with van der Waals surface area (Å²) in [5.41, 5.74) is 2.13. The Balaban J connectivity index is 1.85. The quantitative estimate of drug-likeness (QED) is 0.873. The summed E-state index contributed by atoms with van der Waals surface area (Å²) in [6.07, 6.45) is 0. The van der Waals surface area contributed by atoms with Crippen LogP contribution in [0, 0.1) is 0 Å². The normalized spacial score (nSPS) is 10.2. The third kappa shape index (κ3) is 3.81. The van der Waals surface area contributed by atoms with Gasteiger partial charge in [0, 0.05) is 25.8 Å². The molecule has 0 fully saturated rings. The van der Waals surface area contributed by atoms with Gasteiger partial charge in [-0.15, -0.1) is 0 Å². The van der Waals surface area contributed by atoms with Gasteiger partial charge in [-0.2, -0.15) is 0 Å². The fraction of sp³-hybridized carbons (Fsp3) is 0.250. The lowest BCUT2D eigenvalue weighted by Crippen LogP contribution is -2.24. The third-order valence-corrected chi connectivity index (χ3v) is 3.48. The molecular weight excluding hydrogens is 272 g/mol. The van der Waals surface area contributed by atoms with Gasteiger partial charge in [-0.3, -0.25) is 0 Å². The molecule has 1 N–H and O–H groups in total. The molecule has 0 unspecified atom stereocenters. The molecule has 0 saturated heterocycles.